The van der Waals surface area contributed by atoms with Gasteiger partial charge in [-0.15, -0.1) is 6.58 Å². The summed E-state index contributed by atoms with van der Waals surface area (Å²) in [6, 6.07) is 0. The first kappa shape index (κ1) is 26.4. The Morgan fingerprint density at radius 3 is 2.38 bits per heavy atom. The van der Waals surface area contributed by atoms with Gasteiger partial charge >= 0.3 is 0 Å². The van der Waals surface area contributed by atoms with Crippen LogP contribution in [0.4, 0.5) is 0 Å². The van der Waals surface area contributed by atoms with Gasteiger partial charge in [0, 0.05) is 5.41 Å². The Morgan fingerprint density at radius 2 is 1.74 bits per heavy atom. The number of hydrogen-bond acceptors (Lipinski definition) is 3. The second-order valence-electron chi connectivity index (χ2n) is 13.9. The lowest BCUT2D eigenvalue weighted by atomic mass is 9.44. The van der Waals surface area contributed by atoms with E-state index in [0.29, 0.717) is 17.8 Å². The first-order valence-corrected chi connectivity index (χ1v) is 14.2. The van der Waals surface area contributed by atoms with Gasteiger partial charge in [0.15, 0.2) is 0 Å². The summed E-state index contributed by atoms with van der Waals surface area (Å²) in [5.41, 5.74) is 2.22. The number of fused-ring (bicyclic) bond motifs is 4. The van der Waals surface area contributed by atoms with E-state index in [1.54, 1.807) is 11.6 Å². The van der Waals surface area contributed by atoms with Gasteiger partial charge in [-0.2, -0.15) is 0 Å². The van der Waals surface area contributed by atoms with E-state index >= 15 is 0 Å². The number of allylic oxidation sites excluding steroid dienone is 1. The molecule has 34 heavy (non-hydrogen) atoms. The largest absolute Gasteiger partial charge is 0.393 e. The molecular weight excluding hydrogens is 420 g/mol. The molecule has 3 aliphatic carbocycles. The van der Waals surface area contributed by atoms with Crippen LogP contribution in [0.25, 0.3) is 0 Å². The molecule has 3 heteroatoms. The molecule has 4 rings (SSSR count). The average molecular weight is 473 g/mol. The van der Waals surface area contributed by atoms with Gasteiger partial charge in [0.1, 0.15) is 11.7 Å². The molecule has 4 aliphatic rings. The third-order valence-corrected chi connectivity index (χ3v) is 11.5. The molecule has 8 atom stereocenters. The van der Waals surface area contributed by atoms with Gasteiger partial charge in [-0.3, -0.25) is 0 Å². The molecule has 1 heterocycles. The molecule has 0 aromatic heterocycles. The van der Waals surface area contributed by atoms with Gasteiger partial charge in [-0.1, -0.05) is 79.4 Å². The monoisotopic (exact) mass is 472 g/mol. The smallest absolute Gasteiger partial charge is 0.124 e. The minimum Gasteiger partial charge on any atom is -0.393 e. The minimum absolute atomic E-state index is 0.0792. The van der Waals surface area contributed by atoms with Crippen LogP contribution in [0.15, 0.2) is 23.8 Å². The summed E-state index contributed by atoms with van der Waals surface area (Å²) < 4.78 is 6.90. The van der Waals surface area contributed by atoms with Crippen LogP contribution in [0.3, 0.4) is 0 Å². The van der Waals surface area contributed by atoms with Crippen molar-refractivity contribution in [1.29, 1.82) is 0 Å². The zero-order chi connectivity index (χ0) is 25.1. The van der Waals surface area contributed by atoms with Crippen molar-refractivity contribution in [2.24, 2.45) is 39.9 Å². The Morgan fingerprint density at radius 1 is 1.03 bits per heavy atom. The number of rotatable bonds is 7. The Labute approximate surface area is 209 Å². The summed E-state index contributed by atoms with van der Waals surface area (Å²) in [5, 5.41) is 22.5. The molecule has 1 saturated heterocycles. The third-order valence-electron chi connectivity index (χ3n) is 11.5. The Hall–Kier alpha value is -0.640. The van der Waals surface area contributed by atoms with Crippen molar-refractivity contribution in [2.45, 2.75) is 124 Å². The molecule has 2 N–H and O–H groups in total. The first-order chi connectivity index (χ1) is 15.9. The maximum Gasteiger partial charge on any atom is 0.124 e. The number of aliphatic hydroxyl groups excluding tert-OH is 2. The Kier molecular flexibility index (Phi) is 7.02. The maximum atomic E-state index is 11.6. The molecule has 194 valence electrons. The van der Waals surface area contributed by atoms with E-state index < -0.39 is 11.7 Å². The van der Waals surface area contributed by atoms with E-state index in [1.807, 2.05) is 0 Å². The minimum atomic E-state index is -0.682. The fraction of sp³-hybridized carbons (Fsp3) is 0.871. The average Bonchev–Trinajstić information content (AvgIpc) is 3.10. The second-order valence-corrected chi connectivity index (χ2v) is 13.9. The molecule has 0 aromatic carbocycles. The molecule has 4 unspecified atom stereocenters. The molecule has 0 amide bonds. The van der Waals surface area contributed by atoms with Crippen molar-refractivity contribution < 1.29 is 14.9 Å². The summed E-state index contributed by atoms with van der Waals surface area (Å²) >= 11 is 0. The molecule has 1 saturated carbocycles. The van der Waals surface area contributed by atoms with E-state index in [0.717, 1.165) is 51.0 Å². The predicted molar refractivity (Wildman–Crippen MR) is 140 cm³/mol. The summed E-state index contributed by atoms with van der Waals surface area (Å²) in [7, 11) is 0. The van der Waals surface area contributed by atoms with E-state index in [-0.39, 0.29) is 22.3 Å². The highest BCUT2D eigenvalue weighted by molar-refractivity contribution is 5.43. The lowest BCUT2D eigenvalue weighted by Crippen LogP contribution is -2.61. The standard InChI is InChI=1S/C31H52O3/c1-9-26(32)31-23-13-14-25-28(5,6)27(33)16-17-29(25,7)22(23)15-18-30(31,8)24(19-34-31)21(4)12-10-11-20(2)3/h9,20-21,24-27,32-33H,1,10-19H2,2-8H3/t21?,24-,25?,26?,27+,29+,30-,31?/m1/s1. The zero-order valence-electron chi connectivity index (χ0n) is 23.1. The number of ether oxygens (including phenoxy) is 1. The molecule has 0 radical (unpaired) electrons. The van der Waals surface area contributed by atoms with E-state index in [2.05, 4.69) is 55.0 Å². The molecule has 1 aliphatic heterocycles. The predicted octanol–water partition coefficient (Wildman–Crippen LogP) is 7.07. The number of hydrogen-bond donors (Lipinski definition) is 2. The van der Waals surface area contributed by atoms with Gasteiger partial charge in [-0.05, 0) is 78.6 Å². The van der Waals surface area contributed by atoms with Crippen LogP contribution in [-0.2, 0) is 4.74 Å². The summed E-state index contributed by atoms with van der Waals surface area (Å²) in [6.45, 7) is 21.3. The van der Waals surface area contributed by atoms with Gasteiger partial charge in [0.25, 0.3) is 0 Å². The molecule has 2 fully saturated rings. The quantitative estimate of drug-likeness (QED) is 0.389. The van der Waals surface area contributed by atoms with Crippen molar-refractivity contribution in [1.82, 2.24) is 0 Å². The topological polar surface area (TPSA) is 49.7 Å². The second kappa shape index (κ2) is 9.03. The maximum absolute atomic E-state index is 11.6. The van der Waals surface area contributed by atoms with Crippen molar-refractivity contribution in [3.63, 3.8) is 0 Å². The molecule has 3 nitrogen and oxygen atoms in total. The van der Waals surface area contributed by atoms with Crippen LogP contribution in [0, 0.1) is 39.9 Å². The summed E-state index contributed by atoms with van der Waals surface area (Å²) in [5.74, 6) is 2.26. The van der Waals surface area contributed by atoms with Crippen LogP contribution in [-0.4, -0.2) is 34.6 Å². The fourth-order valence-electron chi connectivity index (χ4n) is 9.36. The van der Waals surface area contributed by atoms with Crippen molar-refractivity contribution in [2.75, 3.05) is 6.61 Å². The molecular formula is C31H52O3. The molecule has 0 aromatic rings. The van der Waals surface area contributed by atoms with Crippen LogP contribution in [0.2, 0.25) is 0 Å². The zero-order valence-corrected chi connectivity index (χ0v) is 23.1. The molecule has 0 spiro atoms. The van der Waals surface area contributed by atoms with Gasteiger partial charge in [-0.25, -0.2) is 0 Å². The highest BCUT2D eigenvalue weighted by atomic mass is 16.5. The fourth-order valence-corrected chi connectivity index (χ4v) is 9.36. The molecule has 0 bridgehead atoms. The van der Waals surface area contributed by atoms with Crippen LogP contribution < -0.4 is 0 Å². The summed E-state index contributed by atoms with van der Waals surface area (Å²) in [4.78, 5) is 0. The lowest BCUT2D eigenvalue weighted by molar-refractivity contribution is -0.129. The van der Waals surface area contributed by atoms with Crippen molar-refractivity contribution in [3.05, 3.63) is 23.8 Å². The van der Waals surface area contributed by atoms with Gasteiger partial charge in [0.05, 0.1) is 12.7 Å². The van der Waals surface area contributed by atoms with Crippen LogP contribution in [0.1, 0.15) is 106 Å². The lowest BCUT2D eigenvalue weighted by Gasteiger charge is -2.62. The van der Waals surface area contributed by atoms with Crippen molar-refractivity contribution >= 4 is 0 Å². The van der Waals surface area contributed by atoms with Gasteiger partial charge < -0.3 is 14.9 Å². The van der Waals surface area contributed by atoms with Crippen LogP contribution >= 0.6 is 0 Å². The van der Waals surface area contributed by atoms with E-state index in [4.69, 9.17) is 4.74 Å². The highest BCUT2D eigenvalue weighted by Gasteiger charge is 2.68. The first-order valence-electron chi connectivity index (χ1n) is 14.2. The Balaban J connectivity index is 1.74. The highest BCUT2D eigenvalue weighted by Crippen LogP contribution is 2.69. The Bertz CT molecular complexity index is 811. The SMILES string of the molecule is C=CC(O)C12OC[C@H](C(C)CCCC(C)C)[C@@]1(C)CCC1=C2CCC2C(C)(C)[C@@H](O)CC[C@@]12C. The van der Waals surface area contributed by atoms with Crippen LogP contribution in [0.5, 0.6) is 0 Å². The van der Waals surface area contributed by atoms with Crippen molar-refractivity contribution in [3.8, 4) is 0 Å². The van der Waals surface area contributed by atoms with E-state index in [1.165, 1.54) is 24.8 Å². The summed E-state index contributed by atoms with van der Waals surface area (Å²) in [6.07, 6.45) is 10.7. The normalized spacial score (nSPS) is 43.2. The third kappa shape index (κ3) is 3.62. The van der Waals surface area contributed by atoms with E-state index in [9.17, 15) is 10.2 Å². The number of aliphatic hydroxyl groups is 2. The van der Waals surface area contributed by atoms with Gasteiger partial charge in [0.2, 0.25) is 0 Å².